The summed E-state index contributed by atoms with van der Waals surface area (Å²) < 4.78 is 4.58. The zero-order chi connectivity index (χ0) is 13.0. The van der Waals surface area contributed by atoms with Gasteiger partial charge in [0, 0.05) is 11.8 Å². The van der Waals surface area contributed by atoms with Crippen molar-refractivity contribution in [2.75, 3.05) is 5.32 Å². The molecule has 6 heteroatoms. The van der Waals surface area contributed by atoms with E-state index in [0.29, 0.717) is 11.4 Å². The van der Waals surface area contributed by atoms with Crippen LogP contribution in [0.1, 0.15) is 23.0 Å². The van der Waals surface area contributed by atoms with Gasteiger partial charge in [-0.05, 0) is 24.6 Å². The van der Waals surface area contributed by atoms with Gasteiger partial charge >= 0.3 is 0 Å². The van der Waals surface area contributed by atoms with E-state index < -0.39 is 0 Å². The van der Waals surface area contributed by atoms with Gasteiger partial charge in [0.1, 0.15) is 6.26 Å². The van der Waals surface area contributed by atoms with E-state index in [1.165, 1.54) is 12.3 Å². The maximum Gasteiger partial charge on any atom is 0.277 e. The molecule has 1 amide bonds. The van der Waals surface area contributed by atoms with Gasteiger partial charge in [0.15, 0.2) is 5.69 Å². The monoisotopic (exact) mass is 245 g/mol. The predicted molar refractivity (Wildman–Crippen MR) is 64.9 cm³/mol. The van der Waals surface area contributed by atoms with Gasteiger partial charge < -0.3 is 15.0 Å². The van der Waals surface area contributed by atoms with Crippen molar-refractivity contribution in [2.45, 2.75) is 6.92 Å². The summed E-state index contributed by atoms with van der Waals surface area (Å²) in [6.45, 7) is 1.68. The number of carbonyl (C=O) groups excluding carboxylic acids is 1. The van der Waals surface area contributed by atoms with Crippen LogP contribution in [0.2, 0.25) is 0 Å². The Morgan fingerprint density at radius 1 is 1.33 bits per heavy atom. The van der Waals surface area contributed by atoms with E-state index in [1.54, 1.807) is 31.2 Å². The van der Waals surface area contributed by atoms with Crippen molar-refractivity contribution in [2.24, 2.45) is 5.16 Å². The maximum atomic E-state index is 11.7. The summed E-state index contributed by atoms with van der Waals surface area (Å²) in [5.74, 6) is -0.343. The predicted octanol–water partition coefficient (Wildman–Crippen LogP) is 2.13. The van der Waals surface area contributed by atoms with Crippen LogP contribution >= 0.6 is 0 Å². The molecule has 6 nitrogen and oxygen atoms in total. The highest BCUT2D eigenvalue weighted by Gasteiger charge is 2.09. The van der Waals surface area contributed by atoms with E-state index in [0.717, 1.165) is 5.56 Å². The lowest BCUT2D eigenvalue weighted by molar-refractivity contribution is 0.101. The number of nitrogens with zero attached hydrogens (tertiary/aromatic N) is 2. The molecule has 0 atom stereocenters. The van der Waals surface area contributed by atoms with Crippen LogP contribution in [0, 0.1) is 0 Å². The minimum absolute atomic E-state index is 0.215. The number of oxime groups is 1. The van der Waals surface area contributed by atoms with Crippen LogP contribution < -0.4 is 5.32 Å². The molecule has 0 aliphatic heterocycles. The Kier molecular flexibility index (Phi) is 3.38. The van der Waals surface area contributed by atoms with Crippen molar-refractivity contribution in [3.8, 4) is 0 Å². The van der Waals surface area contributed by atoms with Gasteiger partial charge in [-0.1, -0.05) is 22.4 Å². The minimum atomic E-state index is -0.343. The third kappa shape index (κ3) is 2.54. The molecule has 1 heterocycles. The molecule has 0 spiro atoms. The van der Waals surface area contributed by atoms with E-state index in [-0.39, 0.29) is 11.6 Å². The van der Waals surface area contributed by atoms with Crippen LogP contribution in [0.25, 0.3) is 0 Å². The Bertz CT molecular complexity index is 559. The fourth-order valence-corrected chi connectivity index (χ4v) is 1.38. The Morgan fingerprint density at radius 2 is 2.06 bits per heavy atom. The molecule has 1 aromatic heterocycles. The molecule has 0 unspecified atom stereocenters. The van der Waals surface area contributed by atoms with Gasteiger partial charge in [-0.25, -0.2) is 0 Å². The second kappa shape index (κ2) is 5.13. The molecule has 0 aliphatic carbocycles. The van der Waals surface area contributed by atoms with Crippen LogP contribution in [0.4, 0.5) is 5.69 Å². The standard InChI is InChI=1S/C12H11N3O3/c1-8(14-17)9-2-4-10(5-3-9)13-12(16)11-6-7-18-15-11/h2-7,17H,1H3,(H,13,16). The van der Waals surface area contributed by atoms with Gasteiger partial charge in [-0.3, -0.25) is 4.79 Å². The van der Waals surface area contributed by atoms with Crippen molar-refractivity contribution < 1.29 is 14.5 Å². The Balaban J connectivity index is 2.09. The van der Waals surface area contributed by atoms with Crippen LogP contribution in [0.15, 0.2) is 46.3 Å². The summed E-state index contributed by atoms with van der Waals surface area (Å²) in [5.41, 5.74) is 2.12. The van der Waals surface area contributed by atoms with Gasteiger partial charge in [0.25, 0.3) is 5.91 Å². The van der Waals surface area contributed by atoms with Crippen molar-refractivity contribution in [3.05, 3.63) is 47.9 Å². The molecule has 2 N–H and O–H groups in total. The van der Waals surface area contributed by atoms with Crippen LogP contribution in [-0.4, -0.2) is 22.0 Å². The van der Waals surface area contributed by atoms with Gasteiger partial charge in [-0.2, -0.15) is 0 Å². The third-order valence-corrected chi connectivity index (χ3v) is 2.38. The molecule has 2 aromatic rings. The normalized spacial score (nSPS) is 11.3. The number of hydrogen-bond acceptors (Lipinski definition) is 5. The SMILES string of the molecule is CC(=NO)c1ccc(NC(=O)c2ccon2)cc1. The van der Waals surface area contributed by atoms with Crippen LogP contribution in [-0.2, 0) is 0 Å². The zero-order valence-corrected chi connectivity index (χ0v) is 9.62. The third-order valence-electron chi connectivity index (χ3n) is 2.38. The van der Waals surface area contributed by atoms with Crippen molar-refractivity contribution in [1.82, 2.24) is 5.16 Å². The second-order valence-electron chi connectivity index (χ2n) is 3.60. The summed E-state index contributed by atoms with van der Waals surface area (Å²) in [6, 6.07) is 8.39. The molecule has 0 radical (unpaired) electrons. The molecule has 0 bridgehead atoms. The van der Waals surface area contributed by atoms with E-state index in [1.807, 2.05) is 0 Å². The number of aromatic nitrogens is 1. The number of amides is 1. The summed E-state index contributed by atoms with van der Waals surface area (Å²) in [5, 5.41) is 17.9. The summed E-state index contributed by atoms with van der Waals surface area (Å²) in [7, 11) is 0. The molecule has 92 valence electrons. The van der Waals surface area contributed by atoms with Gasteiger partial charge in [0.05, 0.1) is 5.71 Å². The second-order valence-corrected chi connectivity index (χ2v) is 3.60. The first-order valence-electron chi connectivity index (χ1n) is 5.21. The van der Waals surface area contributed by atoms with Crippen LogP contribution in [0.5, 0.6) is 0 Å². The quantitative estimate of drug-likeness (QED) is 0.492. The lowest BCUT2D eigenvalue weighted by atomic mass is 10.1. The van der Waals surface area contributed by atoms with Gasteiger partial charge in [0.2, 0.25) is 0 Å². The highest BCUT2D eigenvalue weighted by atomic mass is 16.5. The van der Waals surface area contributed by atoms with E-state index in [4.69, 9.17) is 5.21 Å². The van der Waals surface area contributed by atoms with Gasteiger partial charge in [-0.15, -0.1) is 0 Å². The Morgan fingerprint density at radius 3 is 2.61 bits per heavy atom. The number of rotatable bonds is 3. The number of nitrogens with one attached hydrogen (secondary N) is 1. The first-order valence-corrected chi connectivity index (χ1v) is 5.21. The largest absolute Gasteiger partial charge is 0.411 e. The number of anilines is 1. The Labute approximate surface area is 103 Å². The lowest BCUT2D eigenvalue weighted by Gasteiger charge is -2.04. The lowest BCUT2D eigenvalue weighted by Crippen LogP contribution is -2.12. The fraction of sp³-hybridized carbons (Fsp3) is 0.0833. The average molecular weight is 245 g/mol. The number of benzene rings is 1. The van der Waals surface area contributed by atoms with Crippen molar-refractivity contribution in [3.63, 3.8) is 0 Å². The zero-order valence-electron chi connectivity index (χ0n) is 9.62. The highest BCUT2D eigenvalue weighted by Crippen LogP contribution is 2.11. The highest BCUT2D eigenvalue weighted by molar-refractivity contribution is 6.03. The average Bonchev–Trinajstić information content (AvgIpc) is 2.92. The topological polar surface area (TPSA) is 87.7 Å². The molecule has 0 saturated heterocycles. The molecule has 2 rings (SSSR count). The minimum Gasteiger partial charge on any atom is -0.411 e. The molecule has 0 aliphatic rings. The number of carbonyl (C=O) groups is 1. The molecule has 18 heavy (non-hydrogen) atoms. The molecular formula is C12H11N3O3. The smallest absolute Gasteiger partial charge is 0.277 e. The van der Waals surface area contributed by atoms with E-state index >= 15 is 0 Å². The van der Waals surface area contributed by atoms with E-state index in [9.17, 15) is 4.79 Å². The fourth-order valence-electron chi connectivity index (χ4n) is 1.38. The molecule has 0 saturated carbocycles. The maximum absolute atomic E-state index is 11.7. The Hall–Kier alpha value is -2.63. The molecular weight excluding hydrogens is 234 g/mol. The van der Waals surface area contributed by atoms with E-state index in [2.05, 4.69) is 20.2 Å². The summed E-state index contributed by atoms with van der Waals surface area (Å²) in [6.07, 6.45) is 1.33. The first-order chi connectivity index (χ1) is 8.70. The molecule has 1 aromatic carbocycles. The number of hydrogen-bond donors (Lipinski definition) is 2. The summed E-state index contributed by atoms with van der Waals surface area (Å²) >= 11 is 0. The summed E-state index contributed by atoms with van der Waals surface area (Å²) in [4.78, 5) is 11.7. The van der Waals surface area contributed by atoms with Crippen molar-refractivity contribution in [1.29, 1.82) is 0 Å². The first kappa shape index (κ1) is 11.8. The van der Waals surface area contributed by atoms with Crippen molar-refractivity contribution >= 4 is 17.3 Å². The molecule has 0 fully saturated rings. The van der Waals surface area contributed by atoms with Crippen LogP contribution in [0.3, 0.4) is 0 Å².